The van der Waals surface area contributed by atoms with Gasteiger partial charge in [-0.2, -0.15) is 13.2 Å². The number of anilines is 1. The number of hydrogen-bond acceptors (Lipinski definition) is 8. The number of fused-ring (bicyclic) bond motifs is 2. The summed E-state index contributed by atoms with van der Waals surface area (Å²) >= 11 is 0. The molecule has 0 radical (unpaired) electrons. The maximum absolute atomic E-state index is 13.7. The van der Waals surface area contributed by atoms with Crippen molar-refractivity contribution in [2.75, 3.05) is 12.0 Å². The molecule has 2 saturated heterocycles. The van der Waals surface area contributed by atoms with Crippen molar-refractivity contribution in [3.8, 4) is 11.3 Å². The highest BCUT2D eigenvalue weighted by Gasteiger charge is 2.43. The molecular formula is C27H27F3N4O4. The molecule has 3 aromatic rings. The monoisotopic (exact) mass is 528 g/mol. The average Bonchev–Trinajstić information content (AvgIpc) is 3.62. The molecule has 6 rings (SSSR count). The Bertz CT molecular complexity index is 1310. The van der Waals surface area contributed by atoms with Crippen molar-refractivity contribution in [1.29, 1.82) is 0 Å². The first-order chi connectivity index (χ1) is 18.3. The van der Waals surface area contributed by atoms with Crippen LogP contribution in [0.4, 0.5) is 19.0 Å². The van der Waals surface area contributed by atoms with Crippen LogP contribution in [0.1, 0.15) is 71.8 Å². The van der Waals surface area contributed by atoms with E-state index in [1.807, 2.05) is 0 Å². The second kappa shape index (κ2) is 9.68. The molecule has 8 nitrogen and oxygen atoms in total. The van der Waals surface area contributed by atoms with Gasteiger partial charge < -0.3 is 18.9 Å². The normalized spacial score (nSPS) is 23.1. The lowest BCUT2D eigenvalue weighted by atomic mass is 9.98. The largest absolute Gasteiger partial charge is 0.464 e. The first kappa shape index (κ1) is 24.8. The third-order valence-electron chi connectivity index (χ3n) is 7.70. The molecular weight excluding hydrogens is 501 g/mol. The maximum atomic E-state index is 13.7. The minimum absolute atomic E-state index is 0.0121. The number of methoxy groups -OCH3 is 1. The number of esters is 1. The second-order valence-corrected chi connectivity index (χ2v) is 10.1. The van der Waals surface area contributed by atoms with Crippen LogP contribution in [0.2, 0.25) is 0 Å². The van der Waals surface area contributed by atoms with Gasteiger partial charge in [-0.25, -0.2) is 14.8 Å². The van der Waals surface area contributed by atoms with E-state index in [0.29, 0.717) is 17.1 Å². The van der Waals surface area contributed by atoms with Crippen molar-refractivity contribution in [2.24, 2.45) is 0 Å². The standard InChI is InChI=1S/C27H27F3N4O4/c1-36-26(35)22-12-32-23(13-31-22)34-16-8-9-17(34)11-18(10-16)37-14-20-24(33-38-25(20)15-6-7-15)19-4-2-3-5-21(19)27(28,29)30/h2-5,12-13,15-18H,6-11,14H2,1H3/t16-,17+,18-. The van der Waals surface area contributed by atoms with E-state index in [1.165, 1.54) is 25.4 Å². The van der Waals surface area contributed by atoms with Crippen molar-refractivity contribution >= 4 is 11.8 Å². The lowest BCUT2D eigenvalue weighted by Crippen LogP contribution is -2.46. The summed E-state index contributed by atoms with van der Waals surface area (Å²) in [5.41, 5.74) is 0.259. The Morgan fingerprint density at radius 3 is 2.45 bits per heavy atom. The van der Waals surface area contributed by atoms with Crippen molar-refractivity contribution in [3.63, 3.8) is 0 Å². The van der Waals surface area contributed by atoms with Crippen molar-refractivity contribution in [2.45, 2.75) is 75.4 Å². The summed E-state index contributed by atoms with van der Waals surface area (Å²) in [5, 5.41) is 4.09. The van der Waals surface area contributed by atoms with Crippen LogP contribution in [-0.2, 0) is 22.3 Å². The quantitative estimate of drug-likeness (QED) is 0.370. The number of alkyl halides is 3. The predicted molar refractivity (Wildman–Crippen MR) is 129 cm³/mol. The van der Waals surface area contributed by atoms with Gasteiger partial charge in [-0.1, -0.05) is 23.4 Å². The van der Waals surface area contributed by atoms with E-state index in [1.54, 1.807) is 12.3 Å². The average molecular weight is 529 g/mol. The SMILES string of the molecule is COC(=O)c1cnc(N2[C@@H]3CC[C@H]2C[C@H](OCc2c(-c4ccccc4C(F)(F)F)noc2C2CC2)C3)cn1. The molecule has 3 fully saturated rings. The number of benzene rings is 1. The molecule has 1 aliphatic carbocycles. The molecule has 0 spiro atoms. The number of carbonyl (C=O) groups excluding carboxylic acids is 1. The zero-order valence-electron chi connectivity index (χ0n) is 20.8. The van der Waals surface area contributed by atoms with Gasteiger partial charge in [0, 0.05) is 29.1 Å². The lowest BCUT2D eigenvalue weighted by molar-refractivity contribution is -0.137. The molecule has 0 N–H and O–H groups in total. The molecule has 2 aliphatic heterocycles. The molecule has 0 amide bonds. The Labute approximate surface area is 217 Å². The minimum atomic E-state index is -4.50. The predicted octanol–water partition coefficient (Wildman–Crippen LogP) is 5.53. The van der Waals surface area contributed by atoms with Crippen molar-refractivity contribution in [1.82, 2.24) is 15.1 Å². The Kier molecular flexibility index (Phi) is 6.33. The van der Waals surface area contributed by atoms with Gasteiger partial charge in [-0.15, -0.1) is 0 Å². The summed E-state index contributed by atoms with van der Waals surface area (Å²) in [6, 6.07) is 5.86. The number of aromatic nitrogens is 3. The van der Waals surface area contributed by atoms with Crippen LogP contribution >= 0.6 is 0 Å². The van der Waals surface area contributed by atoms with Gasteiger partial charge >= 0.3 is 12.1 Å². The van der Waals surface area contributed by atoms with Crippen molar-refractivity contribution < 1.29 is 32.0 Å². The van der Waals surface area contributed by atoms with Gasteiger partial charge in [-0.05, 0) is 44.6 Å². The van der Waals surface area contributed by atoms with E-state index >= 15 is 0 Å². The third-order valence-corrected chi connectivity index (χ3v) is 7.70. The second-order valence-electron chi connectivity index (χ2n) is 10.1. The summed E-state index contributed by atoms with van der Waals surface area (Å²) in [6.45, 7) is 0.147. The maximum Gasteiger partial charge on any atom is 0.417 e. The Morgan fingerprint density at radius 1 is 1.08 bits per heavy atom. The molecule has 3 atom stereocenters. The van der Waals surface area contributed by atoms with Gasteiger partial charge in [0.15, 0.2) is 5.69 Å². The topological polar surface area (TPSA) is 90.6 Å². The van der Waals surface area contributed by atoms with E-state index < -0.39 is 17.7 Å². The number of nitrogens with zero attached hydrogens (tertiary/aromatic N) is 4. The number of hydrogen-bond donors (Lipinski definition) is 0. The van der Waals surface area contributed by atoms with E-state index in [4.69, 9.17) is 14.0 Å². The number of piperidine rings is 1. The number of ether oxygens (including phenoxy) is 2. The fraction of sp³-hybridized carbons (Fsp3) is 0.481. The van der Waals surface area contributed by atoms with Crippen LogP contribution in [0.15, 0.2) is 41.2 Å². The van der Waals surface area contributed by atoms with Gasteiger partial charge in [-0.3, -0.25) is 0 Å². The highest BCUT2D eigenvalue weighted by atomic mass is 19.4. The van der Waals surface area contributed by atoms with E-state index in [-0.39, 0.29) is 47.7 Å². The molecule has 38 heavy (non-hydrogen) atoms. The van der Waals surface area contributed by atoms with Crippen LogP contribution in [0.25, 0.3) is 11.3 Å². The van der Waals surface area contributed by atoms with Gasteiger partial charge in [0.05, 0.1) is 37.8 Å². The fourth-order valence-corrected chi connectivity index (χ4v) is 5.78. The molecule has 4 heterocycles. The molecule has 200 valence electrons. The van der Waals surface area contributed by atoms with Gasteiger partial charge in [0.25, 0.3) is 0 Å². The summed E-state index contributed by atoms with van der Waals surface area (Å²) < 4.78 is 57.9. The minimum Gasteiger partial charge on any atom is -0.464 e. The number of carbonyl (C=O) groups is 1. The van der Waals surface area contributed by atoms with Gasteiger partial charge in [0.2, 0.25) is 0 Å². The molecule has 2 bridgehead atoms. The van der Waals surface area contributed by atoms with Crippen LogP contribution in [0.3, 0.4) is 0 Å². The highest BCUT2D eigenvalue weighted by Crippen LogP contribution is 2.46. The lowest BCUT2D eigenvalue weighted by Gasteiger charge is -2.39. The van der Waals surface area contributed by atoms with Gasteiger partial charge in [0.1, 0.15) is 17.3 Å². The van der Waals surface area contributed by atoms with Crippen molar-refractivity contribution in [3.05, 3.63) is 59.2 Å². The first-order valence-electron chi connectivity index (χ1n) is 12.8. The van der Waals surface area contributed by atoms with Crippen LogP contribution in [0.5, 0.6) is 0 Å². The fourth-order valence-electron chi connectivity index (χ4n) is 5.78. The first-order valence-corrected chi connectivity index (χ1v) is 12.8. The molecule has 0 unspecified atom stereocenters. The summed E-state index contributed by atoms with van der Waals surface area (Å²) in [7, 11) is 1.30. The summed E-state index contributed by atoms with van der Waals surface area (Å²) in [6.07, 6.45) is 3.81. The molecule has 11 heteroatoms. The Morgan fingerprint density at radius 2 is 1.82 bits per heavy atom. The number of halogens is 3. The van der Waals surface area contributed by atoms with E-state index in [2.05, 4.69) is 20.0 Å². The Balaban J connectivity index is 1.19. The summed E-state index contributed by atoms with van der Waals surface area (Å²) in [5.74, 6) is 0.996. The summed E-state index contributed by atoms with van der Waals surface area (Å²) in [4.78, 5) is 22.6. The van der Waals surface area contributed by atoms with Crippen LogP contribution < -0.4 is 4.90 Å². The molecule has 2 aromatic heterocycles. The smallest absolute Gasteiger partial charge is 0.417 e. The van der Waals surface area contributed by atoms with E-state index in [0.717, 1.165) is 44.6 Å². The molecule has 1 aromatic carbocycles. The van der Waals surface area contributed by atoms with E-state index in [9.17, 15) is 18.0 Å². The molecule has 1 saturated carbocycles. The number of rotatable bonds is 7. The Hall–Kier alpha value is -3.47. The zero-order valence-corrected chi connectivity index (χ0v) is 20.8. The molecule has 3 aliphatic rings. The highest BCUT2D eigenvalue weighted by molar-refractivity contribution is 5.86. The van der Waals surface area contributed by atoms with Crippen LogP contribution in [0, 0.1) is 0 Å². The third kappa shape index (κ3) is 4.63. The zero-order chi connectivity index (χ0) is 26.4. The van der Waals surface area contributed by atoms with Crippen LogP contribution in [-0.4, -0.2) is 46.4 Å².